The fourth-order valence-electron chi connectivity index (χ4n) is 2.25. The molecule has 6 heteroatoms. The van der Waals surface area contributed by atoms with Crippen molar-refractivity contribution >= 4 is 16.0 Å². The van der Waals surface area contributed by atoms with Gasteiger partial charge in [0.2, 0.25) is 10.0 Å². The highest BCUT2D eigenvalue weighted by Crippen LogP contribution is 2.21. The third kappa shape index (κ3) is 3.19. The van der Waals surface area contributed by atoms with E-state index in [1.807, 2.05) is 0 Å². The van der Waals surface area contributed by atoms with Crippen LogP contribution in [0.2, 0.25) is 0 Å². The Morgan fingerprint density at radius 1 is 1.25 bits per heavy atom. The van der Waals surface area contributed by atoms with E-state index in [0.29, 0.717) is 13.1 Å². The molecule has 0 saturated carbocycles. The van der Waals surface area contributed by atoms with Crippen LogP contribution in [0, 0.1) is 0 Å². The molecule has 110 valence electrons. The van der Waals surface area contributed by atoms with Gasteiger partial charge in [0.05, 0.1) is 17.1 Å². The number of piperidine rings is 1. The Morgan fingerprint density at radius 3 is 2.60 bits per heavy atom. The van der Waals surface area contributed by atoms with E-state index < -0.39 is 16.0 Å². The topological polar surface area (TPSA) is 63.7 Å². The number of hydrogen-bond acceptors (Lipinski definition) is 4. The summed E-state index contributed by atoms with van der Waals surface area (Å²) in [7, 11) is -3.51. The number of esters is 1. The van der Waals surface area contributed by atoms with Crippen molar-refractivity contribution in [3.63, 3.8) is 0 Å². The van der Waals surface area contributed by atoms with Gasteiger partial charge in [-0.3, -0.25) is 0 Å². The number of carbonyl (C=O) groups excluding carboxylic acids is 1. The van der Waals surface area contributed by atoms with Crippen molar-refractivity contribution in [3.8, 4) is 0 Å². The van der Waals surface area contributed by atoms with Gasteiger partial charge in [-0.25, -0.2) is 13.2 Å². The smallest absolute Gasteiger partial charge is 0.338 e. The minimum atomic E-state index is -3.51. The minimum Gasteiger partial charge on any atom is -0.462 e. The number of rotatable bonds is 4. The van der Waals surface area contributed by atoms with Crippen LogP contribution in [-0.4, -0.2) is 38.4 Å². The van der Waals surface area contributed by atoms with Gasteiger partial charge >= 0.3 is 5.97 Å². The molecule has 20 heavy (non-hydrogen) atoms. The molecule has 0 atom stereocenters. The van der Waals surface area contributed by atoms with E-state index in [4.69, 9.17) is 4.74 Å². The Balaban J connectivity index is 2.27. The molecule has 1 fully saturated rings. The highest BCUT2D eigenvalue weighted by Gasteiger charge is 2.26. The lowest BCUT2D eigenvalue weighted by molar-refractivity contribution is 0.0526. The molecule has 5 nitrogen and oxygen atoms in total. The van der Waals surface area contributed by atoms with Crippen LogP contribution >= 0.6 is 0 Å². The van der Waals surface area contributed by atoms with Gasteiger partial charge in [0.25, 0.3) is 0 Å². The van der Waals surface area contributed by atoms with Gasteiger partial charge < -0.3 is 4.74 Å². The van der Waals surface area contributed by atoms with E-state index in [2.05, 4.69) is 0 Å². The summed E-state index contributed by atoms with van der Waals surface area (Å²) in [5, 5.41) is 0. The summed E-state index contributed by atoms with van der Waals surface area (Å²) in [5.74, 6) is -0.497. The average molecular weight is 297 g/mol. The van der Waals surface area contributed by atoms with E-state index in [9.17, 15) is 13.2 Å². The highest BCUT2D eigenvalue weighted by molar-refractivity contribution is 7.89. The molecule has 0 unspecified atom stereocenters. The van der Waals surface area contributed by atoms with Crippen molar-refractivity contribution in [3.05, 3.63) is 29.8 Å². The van der Waals surface area contributed by atoms with Gasteiger partial charge in [0.1, 0.15) is 0 Å². The van der Waals surface area contributed by atoms with Crippen LogP contribution in [0.3, 0.4) is 0 Å². The van der Waals surface area contributed by atoms with Crippen molar-refractivity contribution in [2.75, 3.05) is 19.7 Å². The first kappa shape index (κ1) is 15.0. The SMILES string of the molecule is CCOC(=O)c1cccc(S(=O)(=O)N2CCCCC2)c1. The summed E-state index contributed by atoms with van der Waals surface area (Å²) in [4.78, 5) is 11.8. The number of ether oxygens (including phenoxy) is 1. The molecule has 1 saturated heterocycles. The zero-order chi connectivity index (χ0) is 14.6. The van der Waals surface area contributed by atoms with E-state index in [1.165, 1.54) is 16.4 Å². The lowest BCUT2D eigenvalue weighted by atomic mass is 10.2. The van der Waals surface area contributed by atoms with Crippen LogP contribution in [0.25, 0.3) is 0 Å². The van der Waals surface area contributed by atoms with Crippen molar-refractivity contribution < 1.29 is 17.9 Å². The van der Waals surface area contributed by atoms with Crippen molar-refractivity contribution in [2.24, 2.45) is 0 Å². The van der Waals surface area contributed by atoms with Crippen LogP contribution < -0.4 is 0 Å². The molecular weight excluding hydrogens is 278 g/mol. The second-order valence-electron chi connectivity index (χ2n) is 4.71. The van der Waals surface area contributed by atoms with Crippen molar-refractivity contribution in [1.29, 1.82) is 0 Å². The van der Waals surface area contributed by atoms with Gasteiger partial charge in [0.15, 0.2) is 0 Å². The molecule has 1 aromatic carbocycles. The fourth-order valence-corrected chi connectivity index (χ4v) is 3.82. The first-order chi connectivity index (χ1) is 9.55. The Hall–Kier alpha value is -1.40. The fraction of sp³-hybridized carbons (Fsp3) is 0.500. The third-order valence-electron chi connectivity index (χ3n) is 3.30. The molecule has 0 aromatic heterocycles. The summed E-state index contributed by atoms with van der Waals surface area (Å²) >= 11 is 0. The number of sulfonamides is 1. The largest absolute Gasteiger partial charge is 0.462 e. The van der Waals surface area contributed by atoms with Crippen LogP contribution in [0.1, 0.15) is 36.5 Å². The van der Waals surface area contributed by atoms with Crippen LogP contribution in [-0.2, 0) is 14.8 Å². The molecule has 0 amide bonds. The summed E-state index contributed by atoms with van der Waals surface area (Å²) < 4.78 is 31.4. The van der Waals surface area contributed by atoms with Crippen LogP contribution in [0.4, 0.5) is 0 Å². The molecule has 1 heterocycles. The van der Waals surface area contributed by atoms with Crippen LogP contribution in [0.15, 0.2) is 29.2 Å². The zero-order valence-corrected chi connectivity index (χ0v) is 12.4. The molecule has 0 N–H and O–H groups in total. The lowest BCUT2D eigenvalue weighted by Crippen LogP contribution is -2.35. The summed E-state index contributed by atoms with van der Waals surface area (Å²) in [6, 6.07) is 6.05. The van der Waals surface area contributed by atoms with Gasteiger partial charge in [-0.1, -0.05) is 12.5 Å². The first-order valence-electron chi connectivity index (χ1n) is 6.83. The molecule has 0 radical (unpaired) electrons. The van der Waals surface area contributed by atoms with E-state index in [0.717, 1.165) is 19.3 Å². The first-order valence-corrected chi connectivity index (χ1v) is 8.27. The van der Waals surface area contributed by atoms with Gasteiger partial charge in [-0.15, -0.1) is 0 Å². The molecule has 1 aliphatic rings. The number of hydrogen-bond donors (Lipinski definition) is 0. The van der Waals surface area contributed by atoms with Crippen LogP contribution in [0.5, 0.6) is 0 Å². The predicted octanol–water partition coefficient (Wildman–Crippen LogP) is 2.04. The second kappa shape index (κ2) is 6.37. The average Bonchev–Trinajstić information content (AvgIpc) is 2.48. The molecule has 2 rings (SSSR count). The van der Waals surface area contributed by atoms with Gasteiger partial charge in [0, 0.05) is 13.1 Å². The second-order valence-corrected chi connectivity index (χ2v) is 6.65. The monoisotopic (exact) mass is 297 g/mol. The normalized spacial score (nSPS) is 16.9. The zero-order valence-electron chi connectivity index (χ0n) is 11.5. The molecule has 1 aromatic rings. The molecule has 0 spiro atoms. The highest BCUT2D eigenvalue weighted by atomic mass is 32.2. The predicted molar refractivity (Wildman–Crippen MR) is 75.0 cm³/mol. The molecular formula is C14H19NO4S. The quantitative estimate of drug-likeness (QED) is 0.798. The minimum absolute atomic E-state index is 0.157. The lowest BCUT2D eigenvalue weighted by Gasteiger charge is -2.25. The maximum absolute atomic E-state index is 12.5. The molecule has 0 aliphatic carbocycles. The molecule has 1 aliphatic heterocycles. The maximum atomic E-state index is 12.5. The van der Waals surface area contributed by atoms with E-state index >= 15 is 0 Å². The van der Waals surface area contributed by atoms with Crippen molar-refractivity contribution in [1.82, 2.24) is 4.31 Å². The number of benzene rings is 1. The summed E-state index contributed by atoms with van der Waals surface area (Å²) in [6.07, 6.45) is 2.84. The number of nitrogens with zero attached hydrogens (tertiary/aromatic N) is 1. The Kier molecular flexibility index (Phi) is 4.77. The Bertz CT molecular complexity index is 577. The van der Waals surface area contributed by atoms with Crippen molar-refractivity contribution in [2.45, 2.75) is 31.1 Å². The van der Waals surface area contributed by atoms with E-state index in [-0.39, 0.29) is 17.1 Å². The standard InChI is InChI=1S/C14H19NO4S/c1-2-19-14(16)12-7-6-8-13(11-12)20(17,18)15-9-4-3-5-10-15/h6-8,11H,2-5,9-10H2,1H3. The summed E-state index contributed by atoms with van der Waals surface area (Å²) in [6.45, 7) is 3.08. The summed E-state index contributed by atoms with van der Waals surface area (Å²) in [5.41, 5.74) is 0.268. The Morgan fingerprint density at radius 2 is 1.95 bits per heavy atom. The third-order valence-corrected chi connectivity index (χ3v) is 5.19. The maximum Gasteiger partial charge on any atom is 0.338 e. The molecule has 0 bridgehead atoms. The van der Waals surface area contributed by atoms with Gasteiger partial charge in [-0.05, 0) is 38.0 Å². The Labute approximate surface area is 119 Å². The van der Waals surface area contributed by atoms with E-state index in [1.54, 1.807) is 19.1 Å². The van der Waals surface area contributed by atoms with Gasteiger partial charge in [-0.2, -0.15) is 4.31 Å². The number of carbonyl (C=O) groups is 1.